The fraction of sp³-hybridized carbons (Fsp3) is 0.750. The molecule has 1 amide bonds. The van der Waals surface area contributed by atoms with Crippen LogP contribution in [0.5, 0.6) is 0 Å². The van der Waals surface area contributed by atoms with Crippen LogP contribution in [-0.2, 0) is 4.79 Å². The molecule has 1 aliphatic rings. The third-order valence-corrected chi connectivity index (χ3v) is 1.87. The Labute approximate surface area is 67.5 Å². The third kappa shape index (κ3) is 2.89. The van der Waals surface area contributed by atoms with E-state index < -0.39 is 0 Å². The zero-order valence-electron chi connectivity index (χ0n) is 6.73. The molecule has 0 bridgehead atoms. The van der Waals surface area contributed by atoms with E-state index in [1.807, 2.05) is 0 Å². The summed E-state index contributed by atoms with van der Waals surface area (Å²) in [5, 5.41) is 6.08. The van der Waals surface area contributed by atoms with Gasteiger partial charge in [-0.2, -0.15) is 0 Å². The molecule has 3 heteroatoms. The molecule has 0 spiro atoms. The number of hydrogen-bond donors (Lipinski definition) is 2. The Morgan fingerprint density at radius 2 is 2.45 bits per heavy atom. The molecule has 1 radical (unpaired) electrons. The summed E-state index contributed by atoms with van der Waals surface area (Å²) in [5.74, 6) is 0.0319. The average molecular weight is 155 g/mol. The van der Waals surface area contributed by atoms with Crippen molar-refractivity contribution in [2.24, 2.45) is 0 Å². The molecule has 2 N–H and O–H groups in total. The molecule has 1 atom stereocenters. The van der Waals surface area contributed by atoms with Gasteiger partial charge < -0.3 is 5.32 Å². The second-order valence-electron chi connectivity index (χ2n) is 2.82. The summed E-state index contributed by atoms with van der Waals surface area (Å²) in [6.45, 7) is 4.53. The summed E-state index contributed by atoms with van der Waals surface area (Å²) < 4.78 is 0. The molecule has 1 rings (SSSR count). The van der Waals surface area contributed by atoms with Crippen LogP contribution in [0.15, 0.2) is 0 Å². The predicted molar refractivity (Wildman–Crippen MR) is 43.8 cm³/mol. The minimum absolute atomic E-state index is 0.0319. The molecule has 1 heterocycles. The van der Waals surface area contributed by atoms with Crippen LogP contribution in [-0.4, -0.2) is 18.6 Å². The largest absolute Gasteiger partial charge is 0.341 e. The van der Waals surface area contributed by atoms with Crippen molar-refractivity contribution < 1.29 is 4.79 Å². The molecule has 1 fully saturated rings. The van der Waals surface area contributed by atoms with E-state index in [1.165, 1.54) is 12.8 Å². The van der Waals surface area contributed by atoms with E-state index in [4.69, 9.17) is 0 Å². The van der Waals surface area contributed by atoms with Gasteiger partial charge in [0.1, 0.15) is 0 Å². The van der Waals surface area contributed by atoms with Crippen LogP contribution in [0.3, 0.4) is 0 Å². The third-order valence-electron chi connectivity index (χ3n) is 1.87. The van der Waals surface area contributed by atoms with Crippen molar-refractivity contribution in [3.8, 4) is 0 Å². The highest BCUT2D eigenvalue weighted by Crippen LogP contribution is 2.04. The van der Waals surface area contributed by atoms with Gasteiger partial charge >= 0.3 is 0 Å². The quantitative estimate of drug-likeness (QED) is 0.607. The first kappa shape index (κ1) is 8.53. The highest BCUT2D eigenvalue weighted by molar-refractivity contribution is 5.76. The Bertz CT molecular complexity index is 130. The van der Waals surface area contributed by atoms with Gasteiger partial charge in [0.25, 0.3) is 0 Å². The predicted octanol–water partition coefficient (Wildman–Crippen LogP) is 0.426. The monoisotopic (exact) mass is 155 g/mol. The highest BCUT2D eigenvalue weighted by atomic mass is 16.1. The fourth-order valence-corrected chi connectivity index (χ4v) is 1.24. The smallest absolute Gasteiger partial charge is 0.221 e. The average Bonchev–Trinajstić information content (AvgIpc) is 2.06. The van der Waals surface area contributed by atoms with E-state index in [1.54, 1.807) is 0 Å². The Kier molecular flexibility index (Phi) is 3.36. The number of carbonyl (C=O) groups excluding carboxylic acids is 1. The maximum atomic E-state index is 10.9. The topological polar surface area (TPSA) is 41.1 Å². The number of piperidine rings is 1. The molecule has 0 aliphatic carbocycles. The standard InChI is InChI=1S/C8H15N2O/c1-2-8(11)10-7-5-3-4-6-9-7/h7,9H,1-6H2,(H,10,11). The summed E-state index contributed by atoms with van der Waals surface area (Å²) in [6.07, 6.45) is 3.99. The number of rotatable bonds is 2. The summed E-state index contributed by atoms with van der Waals surface area (Å²) in [6, 6.07) is 0. The van der Waals surface area contributed by atoms with Gasteiger partial charge in [0, 0.05) is 6.42 Å². The molecule has 1 unspecified atom stereocenters. The molecule has 11 heavy (non-hydrogen) atoms. The SMILES string of the molecule is [CH2]CC(=O)NC1CCCCN1. The van der Waals surface area contributed by atoms with Crippen molar-refractivity contribution in [1.82, 2.24) is 10.6 Å². The molecule has 0 saturated carbocycles. The summed E-state index contributed by atoms with van der Waals surface area (Å²) in [5.41, 5.74) is 0. The van der Waals surface area contributed by atoms with Crippen molar-refractivity contribution in [2.45, 2.75) is 31.8 Å². The molecule has 0 aromatic heterocycles. The molecule has 1 saturated heterocycles. The van der Waals surface area contributed by atoms with Crippen LogP contribution in [0.1, 0.15) is 25.7 Å². The molecule has 0 aromatic rings. The number of amides is 1. The highest BCUT2D eigenvalue weighted by Gasteiger charge is 2.12. The minimum atomic E-state index is 0.0319. The van der Waals surface area contributed by atoms with Crippen molar-refractivity contribution in [2.75, 3.05) is 6.54 Å². The Balaban J connectivity index is 2.19. The van der Waals surface area contributed by atoms with Gasteiger partial charge in [-0.05, 0) is 32.7 Å². The maximum absolute atomic E-state index is 10.9. The van der Waals surface area contributed by atoms with Crippen LogP contribution in [0.2, 0.25) is 0 Å². The van der Waals surface area contributed by atoms with E-state index >= 15 is 0 Å². The van der Waals surface area contributed by atoms with Crippen LogP contribution in [0.25, 0.3) is 0 Å². The second-order valence-corrected chi connectivity index (χ2v) is 2.82. The Hall–Kier alpha value is -0.570. The van der Waals surface area contributed by atoms with Gasteiger partial charge in [-0.15, -0.1) is 0 Å². The second kappa shape index (κ2) is 4.34. The minimum Gasteiger partial charge on any atom is -0.341 e. The number of carbonyl (C=O) groups is 1. The lowest BCUT2D eigenvalue weighted by Gasteiger charge is -2.24. The molecule has 63 valence electrons. The first-order valence-corrected chi connectivity index (χ1v) is 4.15. The van der Waals surface area contributed by atoms with E-state index in [0.29, 0.717) is 6.42 Å². The molecular formula is C8H15N2O. The van der Waals surface area contributed by atoms with Crippen LogP contribution < -0.4 is 10.6 Å². The fourth-order valence-electron chi connectivity index (χ4n) is 1.24. The molecule has 0 aromatic carbocycles. The van der Waals surface area contributed by atoms with E-state index in [-0.39, 0.29) is 12.1 Å². The van der Waals surface area contributed by atoms with Crippen molar-refractivity contribution >= 4 is 5.91 Å². The zero-order chi connectivity index (χ0) is 8.10. The summed E-state index contributed by atoms with van der Waals surface area (Å²) in [4.78, 5) is 10.9. The Morgan fingerprint density at radius 3 is 3.00 bits per heavy atom. The van der Waals surface area contributed by atoms with Crippen LogP contribution in [0, 0.1) is 6.92 Å². The lowest BCUT2D eigenvalue weighted by molar-refractivity contribution is -0.121. The van der Waals surface area contributed by atoms with E-state index in [2.05, 4.69) is 17.6 Å². The lowest BCUT2D eigenvalue weighted by Crippen LogP contribution is -2.47. The first-order chi connectivity index (χ1) is 5.33. The van der Waals surface area contributed by atoms with Crippen LogP contribution in [0.4, 0.5) is 0 Å². The zero-order valence-corrected chi connectivity index (χ0v) is 6.73. The van der Waals surface area contributed by atoms with Gasteiger partial charge in [-0.25, -0.2) is 0 Å². The number of hydrogen-bond acceptors (Lipinski definition) is 2. The molecular weight excluding hydrogens is 140 g/mol. The van der Waals surface area contributed by atoms with Crippen molar-refractivity contribution in [3.63, 3.8) is 0 Å². The van der Waals surface area contributed by atoms with Crippen LogP contribution >= 0.6 is 0 Å². The van der Waals surface area contributed by atoms with Gasteiger partial charge in [0.05, 0.1) is 6.17 Å². The lowest BCUT2D eigenvalue weighted by atomic mass is 10.1. The number of nitrogens with one attached hydrogen (secondary N) is 2. The van der Waals surface area contributed by atoms with Gasteiger partial charge in [-0.1, -0.05) is 0 Å². The van der Waals surface area contributed by atoms with E-state index in [0.717, 1.165) is 13.0 Å². The normalized spacial score (nSPS) is 24.6. The summed E-state index contributed by atoms with van der Waals surface area (Å²) >= 11 is 0. The van der Waals surface area contributed by atoms with Gasteiger partial charge in [0.2, 0.25) is 5.91 Å². The molecule has 3 nitrogen and oxygen atoms in total. The Morgan fingerprint density at radius 1 is 1.64 bits per heavy atom. The van der Waals surface area contributed by atoms with Crippen molar-refractivity contribution in [1.29, 1.82) is 0 Å². The first-order valence-electron chi connectivity index (χ1n) is 4.15. The molecule has 1 aliphatic heterocycles. The summed E-state index contributed by atoms with van der Waals surface area (Å²) in [7, 11) is 0. The van der Waals surface area contributed by atoms with Gasteiger partial charge in [-0.3, -0.25) is 10.1 Å². The maximum Gasteiger partial charge on any atom is 0.221 e. The van der Waals surface area contributed by atoms with E-state index in [9.17, 15) is 4.79 Å². The van der Waals surface area contributed by atoms with Gasteiger partial charge in [0.15, 0.2) is 0 Å². The van der Waals surface area contributed by atoms with Crippen molar-refractivity contribution in [3.05, 3.63) is 6.92 Å².